The quantitative estimate of drug-likeness (QED) is 0.0729. The van der Waals surface area contributed by atoms with Gasteiger partial charge in [0.05, 0.1) is 5.39 Å². The van der Waals surface area contributed by atoms with Gasteiger partial charge in [0.2, 0.25) is 11.6 Å². The van der Waals surface area contributed by atoms with Gasteiger partial charge in [-0.25, -0.2) is 48.3 Å². The van der Waals surface area contributed by atoms with E-state index in [1.807, 2.05) is 0 Å². The summed E-state index contributed by atoms with van der Waals surface area (Å²) in [7, 11) is -2.80. The van der Waals surface area contributed by atoms with Crippen LogP contribution in [0.5, 0.6) is 17.2 Å². The Morgan fingerprint density at radius 2 is 0.800 bits per heavy atom. The number of hydrogen-bond acceptors (Lipinski definition) is 3. The first-order valence-electron chi connectivity index (χ1n) is 15.5. The van der Waals surface area contributed by atoms with Crippen LogP contribution < -0.4 is 14.0 Å². The molecule has 8 aromatic carbocycles. The lowest BCUT2D eigenvalue weighted by Gasteiger charge is -2.21. The Labute approximate surface area is 297 Å². The molecule has 8 aromatic rings. The summed E-state index contributed by atoms with van der Waals surface area (Å²) in [5, 5.41) is -6.44. The van der Waals surface area contributed by atoms with Crippen molar-refractivity contribution in [3.63, 3.8) is 0 Å². The number of fused-ring (bicyclic) bond motifs is 5. The monoisotopic (exact) mass is 774 g/mol. The van der Waals surface area contributed by atoms with E-state index in [0.29, 0.717) is 42.5 Å². The second-order valence-corrected chi connectivity index (χ2v) is 12.0. The second kappa shape index (κ2) is 12.9. The molecular weight excluding hydrogens is 762 g/mol. The molecule has 55 heavy (non-hydrogen) atoms. The zero-order valence-electron chi connectivity index (χ0n) is 26.6. The lowest BCUT2D eigenvalue weighted by atomic mass is 10.00. The van der Waals surface area contributed by atoms with Crippen LogP contribution in [0.3, 0.4) is 0 Å². The molecule has 0 spiro atoms. The number of hydrogen-bond donors (Lipinski definition) is 0. The molecule has 0 saturated carbocycles. The topological polar surface area (TPSA) is 27.7 Å². The summed E-state index contributed by atoms with van der Waals surface area (Å²) >= 11 is 0. The van der Waals surface area contributed by atoms with Crippen LogP contribution in [0.1, 0.15) is 0 Å². The molecule has 0 heterocycles. The number of benzene rings is 8. The summed E-state index contributed by atoms with van der Waals surface area (Å²) in [6.07, 6.45) is 0. The third-order valence-electron chi connectivity index (χ3n) is 8.81. The van der Waals surface area contributed by atoms with Crippen molar-refractivity contribution in [1.29, 1.82) is 0 Å². The van der Waals surface area contributed by atoms with Gasteiger partial charge in [-0.2, -0.15) is 8.78 Å². The molecular formula is C38H12BF13O3. The van der Waals surface area contributed by atoms with Crippen LogP contribution in [0.2, 0.25) is 0 Å². The highest BCUT2D eigenvalue weighted by Crippen LogP contribution is 2.41. The Morgan fingerprint density at radius 1 is 0.327 bits per heavy atom. The fourth-order valence-electron chi connectivity index (χ4n) is 6.26. The lowest BCUT2D eigenvalue weighted by molar-refractivity contribution is 0.291. The molecule has 0 aliphatic heterocycles. The van der Waals surface area contributed by atoms with E-state index in [9.17, 15) is 30.7 Å². The average Bonchev–Trinajstić information content (AvgIpc) is 3.16. The molecule has 17 heteroatoms. The summed E-state index contributed by atoms with van der Waals surface area (Å²) in [4.78, 5) is 0. The van der Waals surface area contributed by atoms with Crippen LogP contribution in [-0.4, -0.2) is 7.32 Å². The molecule has 0 aliphatic carbocycles. The molecule has 0 saturated heterocycles. The Hall–Kier alpha value is -6.39. The van der Waals surface area contributed by atoms with Crippen LogP contribution in [0.25, 0.3) is 53.9 Å². The van der Waals surface area contributed by atoms with E-state index in [1.54, 1.807) is 0 Å². The smallest absolute Gasteiger partial charge is 0.489 e. The summed E-state index contributed by atoms with van der Waals surface area (Å²) in [5.74, 6) is -25.7. The van der Waals surface area contributed by atoms with Crippen molar-refractivity contribution in [2.24, 2.45) is 0 Å². The summed E-state index contributed by atoms with van der Waals surface area (Å²) in [6, 6.07) is 8.39. The van der Waals surface area contributed by atoms with Crippen molar-refractivity contribution < 1.29 is 71.0 Å². The van der Waals surface area contributed by atoms with Gasteiger partial charge in [0.1, 0.15) is 23.2 Å². The Kier molecular flexibility index (Phi) is 8.35. The second-order valence-electron chi connectivity index (χ2n) is 12.0. The third kappa shape index (κ3) is 5.63. The van der Waals surface area contributed by atoms with Crippen molar-refractivity contribution in [2.45, 2.75) is 0 Å². The number of rotatable bonds is 6. The Bertz CT molecular complexity index is 2830. The van der Waals surface area contributed by atoms with Gasteiger partial charge in [0, 0.05) is 43.8 Å². The van der Waals surface area contributed by atoms with Crippen molar-refractivity contribution in [3.8, 4) is 17.2 Å². The predicted molar refractivity (Wildman–Crippen MR) is 174 cm³/mol. The zero-order valence-corrected chi connectivity index (χ0v) is 26.6. The lowest BCUT2D eigenvalue weighted by Crippen LogP contribution is -2.38. The van der Waals surface area contributed by atoms with E-state index in [1.165, 1.54) is 0 Å². The van der Waals surface area contributed by atoms with Gasteiger partial charge in [0.25, 0.3) is 0 Å². The van der Waals surface area contributed by atoms with Gasteiger partial charge in [-0.15, -0.1) is 0 Å². The van der Waals surface area contributed by atoms with Gasteiger partial charge in [-0.3, -0.25) is 0 Å². The first-order chi connectivity index (χ1) is 26.1. The minimum atomic E-state index is -2.80. The molecule has 8 rings (SSSR count). The number of halogens is 13. The van der Waals surface area contributed by atoms with Crippen molar-refractivity contribution in [2.75, 3.05) is 0 Å². The SMILES string of the molecule is Fc1cc(F)c2c(F)ccc(OB(Oc3c(F)c(F)c(F)c4cc5c(F)c(F)ccc5cc34)Oc3c(F)c(F)c(F)c4cc5c(F)c(F)ccc5cc34)c2c1. The standard InChI is InChI=1S/C38H12BF13O3/c40-15-9-22-27(6-5-23(41)28(22)26(44)10-15)53-39(54-37-20-7-13-1-3-24(42)29(45)16(13)11-18(20)31(47)33(49)35(37)51)55-38-21-8-14-2-4-25(43)30(46)17(14)12-19(21)32(48)34(50)36(38)52/h1-12H. The molecule has 0 fully saturated rings. The fraction of sp³-hybridized carbons (Fsp3) is 0. The highest BCUT2D eigenvalue weighted by Gasteiger charge is 2.38. The molecule has 0 bridgehead atoms. The van der Waals surface area contributed by atoms with Gasteiger partial charge in [-0.1, -0.05) is 12.1 Å². The molecule has 0 aliphatic rings. The Balaban J connectivity index is 1.37. The van der Waals surface area contributed by atoms with E-state index in [-0.39, 0.29) is 10.8 Å². The maximum atomic E-state index is 15.7. The first kappa shape index (κ1) is 35.6. The average molecular weight is 774 g/mol. The maximum absolute atomic E-state index is 15.7. The van der Waals surface area contributed by atoms with Crippen molar-refractivity contribution >= 4 is 61.2 Å². The molecule has 0 radical (unpaired) electrons. The van der Waals surface area contributed by atoms with Gasteiger partial charge in [0.15, 0.2) is 58.0 Å². The Morgan fingerprint density at radius 3 is 1.29 bits per heavy atom. The van der Waals surface area contributed by atoms with E-state index in [4.69, 9.17) is 14.0 Å². The molecule has 0 atom stereocenters. The van der Waals surface area contributed by atoms with E-state index >= 15 is 26.3 Å². The highest BCUT2D eigenvalue weighted by molar-refractivity contribution is 6.40. The third-order valence-corrected chi connectivity index (χ3v) is 8.81. The van der Waals surface area contributed by atoms with Gasteiger partial charge in [-0.05, 0) is 65.4 Å². The summed E-state index contributed by atoms with van der Waals surface area (Å²) < 4.78 is 210. The van der Waals surface area contributed by atoms with Gasteiger partial charge >= 0.3 is 7.32 Å². The van der Waals surface area contributed by atoms with Crippen molar-refractivity contribution in [3.05, 3.63) is 148 Å². The van der Waals surface area contributed by atoms with Crippen molar-refractivity contribution in [1.82, 2.24) is 0 Å². The molecule has 276 valence electrons. The molecule has 3 nitrogen and oxygen atoms in total. The first-order valence-corrected chi connectivity index (χ1v) is 15.5. The summed E-state index contributed by atoms with van der Waals surface area (Å²) in [5.41, 5.74) is 0. The summed E-state index contributed by atoms with van der Waals surface area (Å²) in [6.45, 7) is 0. The van der Waals surface area contributed by atoms with E-state index < -0.39 is 143 Å². The van der Waals surface area contributed by atoms with Crippen LogP contribution in [-0.2, 0) is 0 Å². The van der Waals surface area contributed by atoms with Crippen LogP contribution in [0, 0.1) is 75.6 Å². The maximum Gasteiger partial charge on any atom is 0.864 e. The van der Waals surface area contributed by atoms with Crippen LogP contribution >= 0.6 is 0 Å². The largest absolute Gasteiger partial charge is 0.864 e. The normalized spacial score (nSPS) is 11.7. The molecule has 0 N–H and O–H groups in total. The van der Waals surface area contributed by atoms with Gasteiger partial charge < -0.3 is 14.0 Å². The van der Waals surface area contributed by atoms with Crippen LogP contribution in [0.4, 0.5) is 57.1 Å². The molecule has 0 aromatic heterocycles. The molecule has 0 unspecified atom stereocenters. The van der Waals surface area contributed by atoms with Crippen LogP contribution in [0.15, 0.2) is 72.8 Å². The van der Waals surface area contributed by atoms with E-state index in [2.05, 4.69) is 0 Å². The highest BCUT2D eigenvalue weighted by atomic mass is 19.2. The van der Waals surface area contributed by atoms with E-state index in [0.717, 1.165) is 30.3 Å². The predicted octanol–water partition coefficient (Wildman–Crippen LogP) is 11.8. The minimum absolute atomic E-state index is 0.219. The minimum Gasteiger partial charge on any atom is -0.489 e. The molecule has 0 amide bonds. The fourth-order valence-corrected chi connectivity index (χ4v) is 6.26. The zero-order chi connectivity index (χ0) is 39.2.